The molecule has 5 rings (SSSR count). The molecule has 1 saturated carbocycles. The minimum Gasteiger partial charge on any atom is -0.457 e. The van der Waals surface area contributed by atoms with Gasteiger partial charge in [0.25, 0.3) is 0 Å². The van der Waals surface area contributed by atoms with Gasteiger partial charge < -0.3 is 21.5 Å². The molecule has 1 atom stereocenters. The van der Waals surface area contributed by atoms with Crippen LogP contribution >= 0.6 is 12.4 Å². The van der Waals surface area contributed by atoms with Crippen molar-refractivity contribution < 1.29 is 9.53 Å². The highest BCUT2D eigenvalue weighted by Gasteiger charge is 2.28. The summed E-state index contributed by atoms with van der Waals surface area (Å²) < 4.78 is 7.85. The molecule has 1 amide bonds. The van der Waals surface area contributed by atoms with E-state index in [9.17, 15) is 4.79 Å². The van der Waals surface area contributed by atoms with E-state index in [1.807, 2.05) is 73.1 Å². The number of ether oxygens (including phenoxy) is 1. The lowest BCUT2D eigenvalue weighted by Gasteiger charge is -2.30. The Balaban J connectivity index is 0.00000336. The Hall–Kier alpha value is -3.69. The summed E-state index contributed by atoms with van der Waals surface area (Å²) in [6.07, 6.45) is 5.21. The van der Waals surface area contributed by atoms with Gasteiger partial charge in [0.15, 0.2) is 11.5 Å². The maximum atomic E-state index is 12.4. The molecule has 0 saturated heterocycles. The van der Waals surface area contributed by atoms with Gasteiger partial charge in [-0.3, -0.25) is 4.79 Å². The Labute approximate surface area is 228 Å². The average Bonchev–Trinajstić information content (AvgIpc) is 3.34. The molecule has 0 radical (unpaired) electrons. The van der Waals surface area contributed by atoms with Gasteiger partial charge in [-0.25, -0.2) is 14.6 Å². The van der Waals surface area contributed by atoms with E-state index in [1.54, 1.807) is 6.20 Å². The predicted octanol–water partition coefficient (Wildman–Crippen LogP) is 4.87. The zero-order valence-electron chi connectivity index (χ0n) is 21.6. The van der Waals surface area contributed by atoms with Crippen molar-refractivity contribution in [2.45, 2.75) is 57.7 Å². The van der Waals surface area contributed by atoms with E-state index in [4.69, 9.17) is 21.2 Å². The molecule has 0 spiro atoms. The fraction of sp³-hybridized carbons (Fsp3) is 0.357. The molecule has 5 N–H and O–H groups in total. The zero-order chi connectivity index (χ0) is 25.9. The number of hydrogen-bond donors (Lipinski definition) is 3. The number of carbonyl (C=O) groups excluding carboxylic acids is 1. The number of nitrogen functional groups attached to an aromatic ring is 1. The summed E-state index contributed by atoms with van der Waals surface area (Å²) >= 11 is 0. The second kappa shape index (κ2) is 11.8. The topological polar surface area (TPSA) is 134 Å². The molecule has 9 nitrogen and oxygen atoms in total. The fourth-order valence-corrected chi connectivity index (χ4v) is 4.71. The molecule has 2 aromatic carbocycles. The van der Waals surface area contributed by atoms with E-state index in [2.05, 4.69) is 15.4 Å². The van der Waals surface area contributed by atoms with Crippen molar-refractivity contribution in [3.05, 3.63) is 60.8 Å². The van der Waals surface area contributed by atoms with Crippen molar-refractivity contribution in [2.24, 2.45) is 11.7 Å². The van der Waals surface area contributed by atoms with E-state index >= 15 is 0 Å². The van der Waals surface area contributed by atoms with Crippen LogP contribution in [-0.4, -0.2) is 37.7 Å². The molecule has 200 valence electrons. The Morgan fingerprint density at radius 3 is 2.32 bits per heavy atom. The Bertz CT molecular complexity index is 1370. The van der Waals surface area contributed by atoms with Gasteiger partial charge in [0.2, 0.25) is 5.91 Å². The minimum atomic E-state index is -0.482. The first-order valence-electron chi connectivity index (χ1n) is 12.8. The van der Waals surface area contributed by atoms with Crippen LogP contribution in [0.25, 0.3) is 22.4 Å². The van der Waals surface area contributed by atoms with E-state index < -0.39 is 6.04 Å². The van der Waals surface area contributed by atoms with Crippen LogP contribution in [-0.2, 0) is 4.79 Å². The number of nitrogens with zero attached hydrogens (tertiary/aromatic N) is 4. The molecule has 0 bridgehead atoms. The van der Waals surface area contributed by atoms with Crippen molar-refractivity contribution in [1.82, 2.24) is 25.1 Å². The lowest BCUT2D eigenvalue weighted by atomic mass is 9.90. The van der Waals surface area contributed by atoms with E-state index in [0.29, 0.717) is 11.6 Å². The zero-order valence-corrected chi connectivity index (χ0v) is 22.4. The second-order valence-electron chi connectivity index (χ2n) is 9.98. The fourth-order valence-electron chi connectivity index (χ4n) is 4.71. The number of para-hydroxylation sites is 1. The number of nitrogens with two attached hydrogens (primary N) is 2. The monoisotopic (exact) mass is 535 g/mol. The van der Waals surface area contributed by atoms with Crippen LogP contribution in [0.3, 0.4) is 0 Å². The third kappa shape index (κ3) is 5.89. The van der Waals surface area contributed by atoms with Crippen LogP contribution in [0.15, 0.2) is 60.8 Å². The number of benzene rings is 2. The number of nitrogens with one attached hydrogen (secondary N) is 1. The largest absolute Gasteiger partial charge is 0.457 e. The first kappa shape index (κ1) is 27.3. The summed E-state index contributed by atoms with van der Waals surface area (Å²) in [7, 11) is 0. The summed E-state index contributed by atoms with van der Waals surface area (Å²) in [5.74, 6) is 2.48. The van der Waals surface area contributed by atoms with Gasteiger partial charge in [-0.15, -0.1) is 12.4 Å². The van der Waals surface area contributed by atoms with Gasteiger partial charge in [0.1, 0.15) is 17.3 Å². The molecular weight excluding hydrogens is 502 g/mol. The number of fused-ring (bicyclic) bond motifs is 1. The van der Waals surface area contributed by atoms with Crippen LogP contribution < -0.4 is 21.5 Å². The number of hydrogen-bond acceptors (Lipinski definition) is 7. The highest BCUT2D eigenvalue weighted by molar-refractivity contribution is 5.87. The van der Waals surface area contributed by atoms with Crippen LogP contribution in [0.4, 0.5) is 5.82 Å². The second-order valence-corrected chi connectivity index (χ2v) is 9.98. The molecule has 2 aromatic heterocycles. The normalized spacial score (nSPS) is 18.1. The molecule has 1 aliphatic carbocycles. The molecule has 0 unspecified atom stereocenters. The van der Waals surface area contributed by atoms with E-state index in [-0.39, 0.29) is 36.3 Å². The SMILES string of the molecule is CC(C)[C@H](N)C(=O)NC1CCC(n2ncc3c(N)nc(-c4ccc(Oc5ccccc5)cc4)nc32)CC1.Cl. The summed E-state index contributed by atoms with van der Waals surface area (Å²) in [5, 5.41) is 8.47. The third-order valence-corrected chi connectivity index (χ3v) is 6.98. The number of carbonyl (C=O) groups is 1. The quantitative estimate of drug-likeness (QED) is 0.307. The number of aromatic nitrogens is 4. The van der Waals surface area contributed by atoms with Crippen LogP contribution in [0.1, 0.15) is 45.6 Å². The van der Waals surface area contributed by atoms with Gasteiger partial charge in [-0.05, 0) is 68.0 Å². The Morgan fingerprint density at radius 1 is 1.00 bits per heavy atom. The number of amides is 1. The summed E-state index contributed by atoms with van der Waals surface area (Å²) in [6.45, 7) is 3.91. The van der Waals surface area contributed by atoms with Gasteiger partial charge in [0.05, 0.1) is 23.7 Å². The first-order valence-corrected chi connectivity index (χ1v) is 12.8. The van der Waals surface area contributed by atoms with Crippen LogP contribution in [0, 0.1) is 5.92 Å². The highest BCUT2D eigenvalue weighted by Crippen LogP contribution is 2.32. The van der Waals surface area contributed by atoms with Crippen molar-refractivity contribution in [3.63, 3.8) is 0 Å². The molecule has 4 aromatic rings. The third-order valence-electron chi connectivity index (χ3n) is 6.98. The van der Waals surface area contributed by atoms with Gasteiger partial charge in [0, 0.05) is 11.6 Å². The van der Waals surface area contributed by atoms with Crippen molar-refractivity contribution in [2.75, 3.05) is 5.73 Å². The minimum absolute atomic E-state index is 0. The molecule has 10 heteroatoms. The average molecular weight is 536 g/mol. The van der Waals surface area contributed by atoms with E-state index in [0.717, 1.165) is 53.8 Å². The number of anilines is 1. The first-order chi connectivity index (χ1) is 17.9. The summed E-state index contributed by atoms with van der Waals surface area (Å²) in [6, 6.07) is 17.1. The van der Waals surface area contributed by atoms with Gasteiger partial charge >= 0.3 is 0 Å². The highest BCUT2D eigenvalue weighted by atomic mass is 35.5. The standard InChI is InChI=1S/C28H33N7O2.ClH/c1-17(2)24(29)28(36)32-19-10-12-20(13-11-19)35-27-23(16-31-35)25(30)33-26(34-27)18-8-14-22(15-9-18)37-21-6-4-3-5-7-21;/h3-9,14-17,19-20,24H,10-13,29H2,1-2H3,(H,32,36)(H2,30,33,34);1H/t19?,20?,24-;/m0./s1. The van der Waals surface area contributed by atoms with Gasteiger partial charge in [-0.2, -0.15) is 5.10 Å². The summed E-state index contributed by atoms with van der Waals surface area (Å²) in [4.78, 5) is 21.7. The van der Waals surface area contributed by atoms with E-state index in [1.165, 1.54) is 0 Å². The van der Waals surface area contributed by atoms with Crippen molar-refractivity contribution in [3.8, 4) is 22.9 Å². The smallest absolute Gasteiger partial charge is 0.237 e. The summed E-state index contributed by atoms with van der Waals surface area (Å²) in [5.41, 5.74) is 13.9. The molecule has 38 heavy (non-hydrogen) atoms. The van der Waals surface area contributed by atoms with Crippen LogP contribution in [0.2, 0.25) is 0 Å². The van der Waals surface area contributed by atoms with Crippen molar-refractivity contribution >= 4 is 35.2 Å². The van der Waals surface area contributed by atoms with Gasteiger partial charge in [-0.1, -0.05) is 32.0 Å². The lowest BCUT2D eigenvalue weighted by molar-refractivity contribution is -0.124. The molecule has 0 aliphatic heterocycles. The maximum Gasteiger partial charge on any atom is 0.237 e. The lowest BCUT2D eigenvalue weighted by Crippen LogP contribution is -2.48. The number of rotatable bonds is 7. The molecule has 1 aliphatic rings. The Morgan fingerprint density at radius 2 is 1.66 bits per heavy atom. The van der Waals surface area contributed by atoms with Crippen LogP contribution in [0.5, 0.6) is 11.5 Å². The van der Waals surface area contributed by atoms with Crippen molar-refractivity contribution in [1.29, 1.82) is 0 Å². The maximum absolute atomic E-state index is 12.4. The molecular formula is C28H34ClN7O2. The molecule has 2 heterocycles. The predicted molar refractivity (Wildman–Crippen MR) is 151 cm³/mol. The number of halogens is 1. The Kier molecular flexibility index (Phi) is 8.48. The molecule has 1 fully saturated rings.